The van der Waals surface area contributed by atoms with Gasteiger partial charge in [0.25, 0.3) is 0 Å². The molecule has 7 rings (SSSR count). The quantitative estimate of drug-likeness (QED) is 0.122. The van der Waals surface area contributed by atoms with Gasteiger partial charge in [-0.1, -0.05) is 141 Å². The Labute approximate surface area is 289 Å². The standard InChI is InChI=1S/C48H48/c1-5-39-22-20-38(32-46(39)47-30-35(4)44-13-9-10-14-45(44)47)31-37-18-23-41(24-19-37)48(34(3)16-17-36-11-7-6-8-12-36)42-27-25-40(26-28-42)43-21-15-33(2)29-43/h1,6-15,20-22,25-30,32-33,35,37,41,48H,3,16-19,23-24,31H2,2,4H3. The molecule has 3 unspecified atom stereocenters. The van der Waals surface area contributed by atoms with E-state index >= 15 is 0 Å². The Morgan fingerprint density at radius 2 is 1.56 bits per heavy atom. The van der Waals surface area contributed by atoms with Crippen LogP contribution in [-0.2, 0) is 12.8 Å². The summed E-state index contributed by atoms with van der Waals surface area (Å²) in [6.45, 7) is 9.29. The van der Waals surface area contributed by atoms with E-state index in [1.54, 1.807) is 0 Å². The van der Waals surface area contributed by atoms with Gasteiger partial charge in [0.15, 0.2) is 0 Å². The minimum Gasteiger partial charge on any atom is -0.115 e. The van der Waals surface area contributed by atoms with Crippen LogP contribution in [0.15, 0.2) is 134 Å². The van der Waals surface area contributed by atoms with Crippen molar-refractivity contribution in [3.05, 3.63) is 178 Å². The van der Waals surface area contributed by atoms with Gasteiger partial charge in [-0.2, -0.15) is 0 Å². The number of allylic oxidation sites excluding steroid dienone is 6. The van der Waals surface area contributed by atoms with Gasteiger partial charge in [-0.15, -0.1) is 6.42 Å². The minimum absolute atomic E-state index is 0.397. The summed E-state index contributed by atoms with van der Waals surface area (Å²) < 4.78 is 0. The zero-order valence-electron chi connectivity index (χ0n) is 28.7. The molecule has 3 aliphatic carbocycles. The molecule has 0 aliphatic heterocycles. The zero-order valence-corrected chi connectivity index (χ0v) is 28.7. The van der Waals surface area contributed by atoms with E-state index in [-0.39, 0.29) is 0 Å². The summed E-state index contributed by atoms with van der Waals surface area (Å²) in [5, 5.41) is 0. The maximum Gasteiger partial charge on any atom is 0.0321 e. The molecule has 0 nitrogen and oxygen atoms in total. The molecular weight excluding hydrogens is 577 g/mol. The lowest BCUT2D eigenvalue weighted by molar-refractivity contribution is 0.252. The molecule has 0 bridgehead atoms. The van der Waals surface area contributed by atoms with Gasteiger partial charge in [0, 0.05) is 17.4 Å². The van der Waals surface area contributed by atoms with Gasteiger partial charge in [-0.05, 0) is 125 Å². The molecule has 4 aromatic carbocycles. The average molecular weight is 625 g/mol. The Balaban J connectivity index is 1.07. The summed E-state index contributed by atoms with van der Waals surface area (Å²) in [7, 11) is 0. The van der Waals surface area contributed by atoms with E-state index < -0.39 is 0 Å². The molecule has 1 saturated carbocycles. The van der Waals surface area contributed by atoms with E-state index in [0.717, 1.165) is 24.8 Å². The van der Waals surface area contributed by atoms with E-state index in [9.17, 15) is 0 Å². The van der Waals surface area contributed by atoms with Crippen LogP contribution in [0.1, 0.15) is 102 Å². The van der Waals surface area contributed by atoms with Crippen LogP contribution in [0.25, 0.3) is 11.1 Å². The lowest BCUT2D eigenvalue weighted by atomic mass is 9.69. The largest absolute Gasteiger partial charge is 0.115 e. The molecule has 0 aromatic heterocycles. The number of terminal acetylenes is 1. The van der Waals surface area contributed by atoms with E-state index in [1.807, 2.05) is 0 Å². The Morgan fingerprint density at radius 1 is 0.812 bits per heavy atom. The van der Waals surface area contributed by atoms with Crippen molar-refractivity contribution < 1.29 is 0 Å². The molecular formula is C48H48. The molecule has 4 aromatic rings. The molecule has 0 amide bonds. The van der Waals surface area contributed by atoms with Gasteiger partial charge in [-0.3, -0.25) is 0 Å². The molecule has 0 spiro atoms. The van der Waals surface area contributed by atoms with Gasteiger partial charge in [0.2, 0.25) is 0 Å². The normalized spacial score (nSPS) is 22.0. The maximum atomic E-state index is 6.03. The fourth-order valence-corrected chi connectivity index (χ4v) is 8.60. The first kappa shape index (κ1) is 32.0. The van der Waals surface area contributed by atoms with Crippen LogP contribution < -0.4 is 0 Å². The fourth-order valence-electron chi connectivity index (χ4n) is 8.60. The predicted octanol–water partition coefficient (Wildman–Crippen LogP) is 12.1. The molecule has 3 atom stereocenters. The highest BCUT2D eigenvalue weighted by molar-refractivity contribution is 5.88. The molecule has 0 saturated heterocycles. The van der Waals surface area contributed by atoms with E-state index in [4.69, 9.17) is 13.0 Å². The van der Waals surface area contributed by atoms with Crippen LogP contribution in [-0.4, -0.2) is 0 Å². The van der Waals surface area contributed by atoms with Crippen LogP contribution >= 0.6 is 0 Å². The van der Waals surface area contributed by atoms with Crippen molar-refractivity contribution in [1.29, 1.82) is 0 Å². The zero-order chi connectivity index (χ0) is 33.0. The number of rotatable bonds is 10. The van der Waals surface area contributed by atoms with Crippen molar-refractivity contribution in [1.82, 2.24) is 0 Å². The molecule has 0 radical (unpaired) electrons. The van der Waals surface area contributed by atoms with Crippen molar-refractivity contribution in [3.8, 4) is 12.3 Å². The SMILES string of the molecule is C#Cc1ccc(CC2CCC(C(C(=C)CCc3ccccc3)c3ccc(C4=CC(C)C=C4)cc3)CC2)cc1C1=CC(C)c2ccccc21. The van der Waals surface area contributed by atoms with Crippen molar-refractivity contribution in [2.24, 2.45) is 17.8 Å². The van der Waals surface area contributed by atoms with Crippen molar-refractivity contribution in [3.63, 3.8) is 0 Å². The second kappa shape index (κ2) is 14.3. The Hall–Kier alpha value is -4.60. The fraction of sp³-hybridized carbons (Fsp3) is 0.292. The summed E-state index contributed by atoms with van der Waals surface area (Å²) in [4.78, 5) is 0. The lowest BCUT2D eigenvalue weighted by Crippen LogP contribution is -2.23. The monoisotopic (exact) mass is 624 g/mol. The first-order valence-electron chi connectivity index (χ1n) is 18.1. The second-order valence-electron chi connectivity index (χ2n) is 14.5. The Kier molecular flexibility index (Phi) is 9.50. The predicted molar refractivity (Wildman–Crippen MR) is 205 cm³/mol. The van der Waals surface area contributed by atoms with Crippen LogP contribution in [0.5, 0.6) is 0 Å². The summed E-state index contributed by atoms with van der Waals surface area (Å²) in [6, 6.07) is 36.0. The third kappa shape index (κ3) is 6.84. The molecule has 1 fully saturated rings. The highest BCUT2D eigenvalue weighted by Gasteiger charge is 2.31. The summed E-state index contributed by atoms with van der Waals surface area (Å²) in [5.41, 5.74) is 14.5. The van der Waals surface area contributed by atoms with E-state index in [1.165, 1.54) is 81.3 Å². The number of benzene rings is 4. The molecule has 0 heteroatoms. The third-order valence-corrected chi connectivity index (χ3v) is 11.2. The molecule has 48 heavy (non-hydrogen) atoms. The Morgan fingerprint density at radius 3 is 2.29 bits per heavy atom. The smallest absolute Gasteiger partial charge is 0.0321 e. The van der Waals surface area contributed by atoms with Gasteiger partial charge in [-0.25, -0.2) is 0 Å². The summed E-state index contributed by atoms with van der Waals surface area (Å²) >= 11 is 0. The van der Waals surface area contributed by atoms with Crippen molar-refractivity contribution in [2.45, 2.75) is 70.6 Å². The van der Waals surface area contributed by atoms with Crippen LogP contribution in [0, 0.1) is 30.1 Å². The van der Waals surface area contributed by atoms with Gasteiger partial charge in [0.05, 0.1) is 0 Å². The second-order valence-corrected chi connectivity index (χ2v) is 14.5. The average Bonchev–Trinajstić information content (AvgIpc) is 3.71. The molecule has 0 N–H and O–H groups in total. The lowest BCUT2D eigenvalue weighted by Gasteiger charge is -2.36. The van der Waals surface area contributed by atoms with Crippen molar-refractivity contribution in [2.75, 3.05) is 0 Å². The van der Waals surface area contributed by atoms with Crippen LogP contribution in [0.2, 0.25) is 0 Å². The van der Waals surface area contributed by atoms with Gasteiger partial charge >= 0.3 is 0 Å². The summed E-state index contributed by atoms with van der Waals surface area (Å²) in [6.07, 6.45) is 23.6. The number of hydrogen-bond donors (Lipinski definition) is 0. The van der Waals surface area contributed by atoms with Gasteiger partial charge in [0.1, 0.15) is 0 Å². The van der Waals surface area contributed by atoms with E-state index in [2.05, 4.69) is 141 Å². The van der Waals surface area contributed by atoms with Gasteiger partial charge < -0.3 is 0 Å². The van der Waals surface area contributed by atoms with E-state index in [0.29, 0.717) is 29.6 Å². The Bertz CT molecular complexity index is 1900. The van der Waals surface area contributed by atoms with Crippen LogP contribution in [0.3, 0.4) is 0 Å². The summed E-state index contributed by atoms with van der Waals surface area (Å²) in [5.74, 6) is 5.62. The molecule has 3 aliphatic rings. The molecule has 0 heterocycles. The minimum atomic E-state index is 0.397. The first-order valence-corrected chi connectivity index (χ1v) is 18.1. The number of aryl methyl sites for hydroxylation is 1. The van der Waals surface area contributed by atoms with Crippen LogP contribution in [0.4, 0.5) is 0 Å². The maximum absolute atomic E-state index is 6.03. The topological polar surface area (TPSA) is 0 Å². The molecule has 240 valence electrons. The first-order chi connectivity index (χ1) is 23.5. The number of hydrogen-bond acceptors (Lipinski definition) is 0. The number of fused-ring (bicyclic) bond motifs is 1. The highest BCUT2D eigenvalue weighted by Crippen LogP contribution is 2.45. The van der Waals surface area contributed by atoms with Crippen molar-refractivity contribution >= 4 is 11.1 Å². The highest BCUT2D eigenvalue weighted by atomic mass is 14.4. The third-order valence-electron chi connectivity index (χ3n) is 11.2.